The van der Waals surface area contributed by atoms with Gasteiger partial charge in [-0.15, -0.1) is 11.8 Å². The number of anilines is 2. The fourth-order valence-corrected chi connectivity index (χ4v) is 3.53. The molecule has 0 heterocycles. The average Bonchev–Trinajstić information content (AvgIpc) is 2.43. The molecule has 0 spiro atoms. The van der Waals surface area contributed by atoms with E-state index in [-0.39, 0.29) is 0 Å². The highest BCUT2D eigenvalue weighted by Gasteiger charge is 2.11. The Morgan fingerprint density at radius 3 is 2.76 bits per heavy atom. The molecule has 0 fully saturated rings. The standard InChI is InChI=1S/C15H14BrClN2S2/c1-2-21-13-5-3-4-12(14(13)15(18)20)19-9-6-7-11(17)10(16)8-9/h3-8,19H,2H2,1H3,(H2,18,20). The van der Waals surface area contributed by atoms with Crippen LogP contribution in [0.25, 0.3) is 0 Å². The molecular weight excluding hydrogens is 388 g/mol. The zero-order valence-corrected chi connectivity index (χ0v) is 15.3. The lowest BCUT2D eigenvalue weighted by Gasteiger charge is -2.15. The van der Waals surface area contributed by atoms with Gasteiger partial charge < -0.3 is 11.1 Å². The number of hydrogen-bond acceptors (Lipinski definition) is 3. The Hall–Kier alpha value is -0.750. The summed E-state index contributed by atoms with van der Waals surface area (Å²) in [5.74, 6) is 0.964. The summed E-state index contributed by atoms with van der Waals surface area (Å²) in [7, 11) is 0. The molecule has 0 saturated heterocycles. The molecule has 0 radical (unpaired) electrons. The number of halogens is 2. The fourth-order valence-electron chi connectivity index (χ4n) is 1.89. The first-order valence-electron chi connectivity index (χ1n) is 6.30. The predicted octanol–water partition coefficient (Wildman–Crippen LogP) is 5.59. The van der Waals surface area contributed by atoms with Gasteiger partial charge in [0.25, 0.3) is 0 Å². The Morgan fingerprint density at radius 1 is 1.38 bits per heavy atom. The van der Waals surface area contributed by atoms with E-state index in [1.807, 2.05) is 36.4 Å². The van der Waals surface area contributed by atoms with Crippen LogP contribution in [-0.2, 0) is 0 Å². The fraction of sp³-hybridized carbons (Fsp3) is 0.133. The molecule has 0 aliphatic rings. The average molecular weight is 402 g/mol. The molecule has 2 aromatic rings. The summed E-state index contributed by atoms with van der Waals surface area (Å²) >= 11 is 16.4. The van der Waals surface area contributed by atoms with Crippen LogP contribution < -0.4 is 11.1 Å². The number of benzene rings is 2. The van der Waals surface area contributed by atoms with Gasteiger partial charge in [-0.25, -0.2) is 0 Å². The minimum Gasteiger partial charge on any atom is -0.389 e. The van der Waals surface area contributed by atoms with Gasteiger partial charge in [-0.3, -0.25) is 0 Å². The van der Waals surface area contributed by atoms with Crippen molar-refractivity contribution in [1.29, 1.82) is 0 Å². The lowest BCUT2D eigenvalue weighted by atomic mass is 10.1. The summed E-state index contributed by atoms with van der Waals surface area (Å²) in [5.41, 5.74) is 8.60. The van der Waals surface area contributed by atoms with E-state index in [9.17, 15) is 0 Å². The SMILES string of the molecule is CCSc1cccc(Nc2ccc(Cl)c(Br)c2)c1C(N)=S. The van der Waals surface area contributed by atoms with Gasteiger partial charge in [-0.05, 0) is 52.0 Å². The lowest BCUT2D eigenvalue weighted by molar-refractivity contribution is 1.38. The first-order chi connectivity index (χ1) is 10.0. The van der Waals surface area contributed by atoms with Crippen molar-refractivity contribution in [3.8, 4) is 0 Å². The van der Waals surface area contributed by atoms with E-state index in [2.05, 4.69) is 28.2 Å². The molecule has 0 atom stereocenters. The molecule has 0 aliphatic carbocycles. The van der Waals surface area contributed by atoms with Gasteiger partial charge in [0.15, 0.2) is 0 Å². The van der Waals surface area contributed by atoms with E-state index in [1.165, 1.54) is 0 Å². The van der Waals surface area contributed by atoms with Gasteiger partial charge in [0.05, 0.1) is 5.02 Å². The summed E-state index contributed by atoms with van der Waals surface area (Å²) in [6.07, 6.45) is 0. The van der Waals surface area contributed by atoms with Crippen LogP contribution in [0.1, 0.15) is 12.5 Å². The van der Waals surface area contributed by atoms with Crippen LogP contribution in [0.15, 0.2) is 45.8 Å². The Kier molecular flexibility index (Phi) is 5.93. The maximum Gasteiger partial charge on any atom is 0.107 e. The Bertz CT molecular complexity index is 677. The topological polar surface area (TPSA) is 38.0 Å². The maximum absolute atomic E-state index is 6.01. The molecule has 2 rings (SSSR count). The quantitative estimate of drug-likeness (QED) is 0.506. The number of nitrogens with two attached hydrogens (primary N) is 1. The molecule has 6 heteroatoms. The van der Waals surface area contributed by atoms with Crippen LogP contribution in [0.5, 0.6) is 0 Å². The minimum absolute atomic E-state index is 0.391. The van der Waals surface area contributed by atoms with Crippen LogP contribution in [0.3, 0.4) is 0 Å². The van der Waals surface area contributed by atoms with E-state index in [4.69, 9.17) is 29.6 Å². The molecule has 0 unspecified atom stereocenters. The molecular formula is C15H14BrClN2S2. The second-order valence-corrected chi connectivity index (χ2v) is 7.24. The first-order valence-corrected chi connectivity index (χ1v) is 8.87. The van der Waals surface area contributed by atoms with E-state index in [1.54, 1.807) is 11.8 Å². The largest absolute Gasteiger partial charge is 0.389 e. The minimum atomic E-state index is 0.391. The van der Waals surface area contributed by atoms with Gasteiger partial charge in [0, 0.05) is 26.3 Å². The molecule has 0 aromatic heterocycles. The second-order valence-electron chi connectivity index (χ2n) is 4.23. The van der Waals surface area contributed by atoms with Crippen molar-refractivity contribution < 1.29 is 0 Å². The Morgan fingerprint density at radius 2 is 2.14 bits per heavy atom. The van der Waals surface area contributed by atoms with E-state index < -0.39 is 0 Å². The van der Waals surface area contributed by atoms with Crippen LogP contribution >= 0.6 is 51.5 Å². The Labute approximate surface area is 147 Å². The zero-order chi connectivity index (χ0) is 15.4. The second kappa shape index (κ2) is 7.49. The molecule has 0 saturated carbocycles. The lowest BCUT2D eigenvalue weighted by Crippen LogP contribution is -2.13. The number of hydrogen-bond donors (Lipinski definition) is 2. The van der Waals surface area contributed by atoms with E-state index >= 15 is 0 Å². The number of rotatable bonds is 5. The third-order valence-electron chi connectivity index (χ3n) is 2.77. The zero-order valence-electron chi connectivity index (χ0n) is 11.3. The van der Waals surface area contributed by atoms with Gasteiger partial charge in [0.1, 0.15) is 4.99 Å². The predicted molar refractivity (Wildman–Crippen MR) is 101 cm³/mol. The number of thioether (sulfide) groups is 1. The molecule has 0 amide bonds. The van der Waals surface area contributed by atoms with Crippen LogP contribution in [-0.4, -0.2) is 10.7 Å². The summed E-state index contributed by atoms with van der Waals surface area (Å²) in [6.45, 7) is 2.10. The van der Waals surface area contributed by atoms with Gasteiger partial charge in [0.2, 0.25) is 0 Å². The summed E-state index contributed by atoms with van der Waals surface area (Å²) in [6, 6.07) is 11.7. The third kappa shape index (κ3) is 4.13. The van der Waals surface area contributed by atoms with Gasteiger partial charge in [-0.1, -0.05) is 36.8 Å². The highest BCUT2D eigenvalue weighted by molar-refractivity contribution is 9.10. The van der Waals surface area contributed by atoms with Crippen LogP contribution in [0, 0.1) is 0 Å². The Balaban J connectivity index is 2.41. The highest BCUT2D eigenvalue weighted by Crippen LogP contribution is 2.32. The van der Waals surface area contributed by atoms with Crippen molar-refractivity contribution in [1.82, 2.24) is 0 Å². The van der Waals surface area contributed by atoms with Crippen molar-refractivity contribution >= 4 is 67.9 Å². The molecule has 21 heavy (non-hydrogen) atoms. The van der Waals surface area contributed by atoms with Crippen LogP contribution in [0.2, 0.25) is 5.02 Å². The summed E-state index contributed by atoms with van der Waals surface area (Å²) in [5, 5.41) is 4.02. The monoisotopic (exact) mass is 400 g/mol. The van der Waals surface area contributed by atoms with Crippen molar-refractivity contribution in [3.63, 3.8) is 0 Å². The molecule has 3 N–H and O–H groups in total. The number of thiocarbonyl (C=S) groups is 1. The van der Waals surface area contributed by atoms with Gasteiger partial charge in [-0.2, -0.15) is 0 Å². The van der Waals surface area contributed by atoms with E-state index in [0.29, 0.717) is 10.0 Å². The normalized spacial score (nSPS) is 10.4. The van der Waals surface area contributed by atoms with Crippen molar-refractivity contribution in [2.24, 2.45) is 5.73 Å². The molecule has 2 nitrogen and oxygen atoms in total. The smallest absolute Gasteiger partial charge is 0.107 e. The van der Waals surface area contributed by atoms with E-state index in [0.717, 1.165) is 32.1 Å². The van der Waals surface area contributed by atoms with Crippen molar-refractivity contribution in [2.45, 2.75) is 11.8 Å². The molecule has 0 aliphatic heterocycles. The maximum atomic E-state index is 6.01. The first kappa shape index (κ1) is 16.6. The molecule has 2 aromatic carbocycles. The van der Waals surface area contributed by atoms with Crippen molar-refractivity contribution in [2.75, 3.05) is 11.1 Å². The van der Waals surface area contributed by atoms with Crippen molar-refractivity contribution in [3.05, 3.63) is 51.5 Å². The number of nitrogens with one attached hydrogen (secondary N) is 1. The summed E-state index contributed by atoms with van der Waals surface area (Å²) in [4.78, 5) is 1.48. The van der Waals surface area contributed by atoms with Gasteiger partial charge >= 0.3 is 0 Å². The third-order valence-corrected chi connectivity index (χ3v) is 5.13. The van der Waals surface area contributed by atoms with Crippen LogP contribution in [0.4, 0.5) is 11.4 Å². The molecule has 0 bridgehead atoms. The highest BCUT2D eigenvalue weighted by atomic mass is 79.9. The molecule has 110 valence electrons. The summed E-state index contributed by atoms with van der Waals surface area (Å²) < 4.78 is 0.838.